The summed E-state index contributed by atoms with van der Waals surface area (Å²) in [6.45, 7) is 7.70. The first-order chi connectivity index (χ1) is 16.6. The highest BCUT2D eigenvalue weighted by atomic mass is 32.2. The molecule has 35 heavy (non-hydrogen) atoms. The van der Waals surface area contributed by atoms with Gasteiger partial charge in [0.25, 0.3) is 0 Å². The average Bonchev–Trinajstić information content (AvgIpc) is 3.62. The predicted molar refractivity (Wildman–Crippen MR) is 133 cm³/mol. The quantitative estimate of drug-likeness (QED) is 0.515. The van der Waals surface area contributed by atoms with Crippen molar-refractivity contribution in [2.24, 2.45) is 0 Å². The van der Waals surface area contributed by atoms with Crippen LogP contribution in [-0.4, -0.2) is 59.1 Å². The molecule has 0 radical (unpaired) electrons. The van der Waals surface area contributed by atoms with Gasteiger partial charge < -0.3 is 10.2 Å². The van der Waals surface area contributed by atoms with Crippen molar-refractivity contribution >= 4 is 38.0 Å². The molecule has 1 saturated heterocycles. The van der Waals surface area contributed by atoms with E-state index in [0.29, 0.717) is 15.7 Å². The summed E-state index contributed by atoms with van der Waals surface area (Å²) in [5, 5.41) is 28.4. The summed E-state index contributed by atoms with van der Waals surface area (Å²) in [6, 6.07) is 6.33. The zero-order valence-electron chi connectivity index (χ0n) is 19.9. The van der Waals surface area contributed by atoms with Gasteiger partial charge in [0.15, 0.2) is 0 Å². The van der Waals surface area contributed by atoms with E-state index in [1.165, 1.54) is 11.3 Å². The Morgan fingerprint density at radius 2 is 1.89 bits per heavy atom. The third-order valence-electron chi connectivity index (χ3n) is 7.20. The van der Waals surface area contributed by atoms with Crippen LogP contribution in [0.5, 0.6) is 0 Å². The first kappa shape index (κ1) is 22.8. The first-order valence-corrected chi connectivity index (χ1v) is 14.2. The number of hydrogen-bond acceptors (Lipinski definition) is 9. The largest absolute Gasteiger partial charge is 0.368 e. The van der Waals surface area contributed by atoms with E-state index in [-0.39, 0.29) is 22.5 Å². The van der Waals surface area contributed by atoms with Crippen molar-refractivity contribution in [1.29, 1.82) is 5.26 Å². The van der Waals surface area contributed by atoms with E-state index in [2.05, 4.69) is 50.2 Å². The highest BCUT2D eigenvalue weighted by Gasteiger charge is 2.48. The third-order valence-corrected chi connectivity index (χ3v) is 9.92. The van der Waals surface area contributed by atoms with Crippen LogP contribution in [0.3, 0.4) is 0 Å². The second-order valence-electron chi connectivity index (χ2n) is 10.6. The summed E-state index contributed by atoms with van der Waals surface area (Å²) in [5.41, 5.74) is 0.591. The molecule has 2 aromatic heterocycles. The molecule has 3 heterocycles. The van der Waals surface area contributed by atoms with Crippen LogP contribution in [0, 0.1) is 11.3 Å². The van der Waals surface area contributed by atoms with Crippen LogP contribution >= 0.6 is 11.3 Å². The number of fused-ring (bicyclic) bond motifs is 1. The average molecular weight is 513 g/mol. The van der Waals surface area contributed by atoms with E-state index < -0.39 is 15.4 Å². The molecule has 12 heteroatoms. The normalized spacial score (nSPS) is 24.9. The second kappa shape index (κ2) is 7.70. The summed E-state index contributed by atoms with van der Waals surface area (Å²) < 4.78 is 31.4. The Morgan fingerprint density at radius 1 is 1.17 bits per heavy atom. The lowest BCUT2D eigenvalue weighted by Gasteiger charge is -2.38. The maximum atomic E-state index is 13.4. The van der Waals surface area contributed by atoms with Crippen molar-refractivity contribution in [1.82, 2.24) is 30.0 Å². The molecule has 0 amide bonds. The molecule has 10 nitrogen and oxygen atoms in total. The minimum atomic E-state index is -3.73. The number of nitrogens with zero attached hydrogens (tertiary/aromatic N) is 6. The van der Waals surface area contributed by atoms with Gasteiger partial charge in [-0.3, -0.25) is 0 Å². The number of hydrogen-bond donors (Lipinski definition) is 2. The van der Waals surface area contributed by atoms with E-state index in [9.17, 15) is 13.7 Å². The minimum Gasteiger partial charge on any atom is -0.368 e. The van der Waals surface area contributed by atoms with E-state index in [4.69, 9.17) is 0 Å². The molecule has 3 aliphatic rings. The topological polar surface area (TPSA) is 129 Å². The zero-order chi connectivity index (χ0) is 24.6. The summed E-state index contributed by atoms with van der Waals surface area (Å²) in [7, 11) is -3.73. The van der Waals surface area contributed by atoms with Gasteiger partial charge in [-0.1, -0.05) is 11.3 Å². The van der Waals surface area contributed by atoms with Crippen LogP contribution < -0.4 is 14.9 Å². The van der Waals surface area contributed by atoms with E-state index in [1.54, 1.807) is 23.0 Å². The molecule has 6 rings (SSSR count). The van der Waals surface area contributed by atoms with Crippen molar-refractivity contribution in [2.45, 2.75) is 74.4 Å². The number of sulfonamides is 1. The molecule has 2 aliphatic carbocycles. The Balaban J connectivity index is 1.49. The predicted octanol–water partition coefficient (Wildman–Crippen LogP) is 2.45. The van der Waals surface area contributed by atoms with Gasteiger partial charge in [0.2, 0.25) is 15.2 Å². The fourth-order valence-corrected chi connectivity index (χ4v) is 7.36. The number of anilines is 1. The smallest absolute Gasteiger partial charge is 0.241 e. The molecule has 0 spiro atoms. The molecule has 2 N–H and O–H groups in total. The molecular weight excluding hydrogens is 484 g/mol. The summed E-state index contributed by atoms with van der Waals surface area (Å²) >= 11 is 1.34. The van der Waals surface area contributed by atoms with Gasteiger partial charge in [-0.2, -0.15) is 10.4 Å². The van der Waals surface area contributed by atoms with Crippen molar-refractivity contribution in [3.63, 3.8) is 0 Å². The number of aromatic nitrogens is 4. The molecule has 3 aromatic rings. The SMILES string of the molecule is C[C@H]1CN(c2cc(S(=O)(=O)NC3(C)CC3)cc3c2cnn3-c2nnc(C3(C#N)CC3)s2)C[C@H](C)N1. The van der Waals surface area contributed by atoms with Gasteiger partial charge in [-0.15, -0.1) is 10.2 Å². The Hall–Kier alpha value is -2.59. The lowest BCUT2D eigenvalue weighted by atomic mass is 10.1. The molecule has 0 unspecified atom stereocenters. The molecule has 1 aliphatic heterocycles. The molecular formula is C23H28N8O2S2. The van der Waals surface area contributed by atoms with Gasteiger partial charge in [-0.25, -0.2) is 17.8 Å². The number of nitrogens with one attached hydrogen (secondary N) is 2. The van der Waals surface area contributed by atoms with Crippen LogP contribution in [0.25, 0.3) is 16.0 Å². The van der Waals surface area contributed by atoms with Crippen LogP contribution in [0.15, 0.2) is 23.2 Å². The van der Waals surface area contributed by atoms with Crippen molar-refractivity contribution in [2.75, 3.05) is 18.0 Å². The number of piperazine rings is 1. The Kier molecular flexibility index (Phi) is 5.03. The Labute approximate surface area is 208 Å². The molecule has 2 atom stereocenters. The molecule has 3 fully saturated rings. The van der Waals surface area contributed by atoms with Crippen LogP contribution in [-0.2, 0) is 15.4 Å². The highest BCUT2D eigenvalue weighted by molar-refractivity contribution is 7.89. The van der Waals surface area contributed by atoms with Crippen molar-refractivity contribution < 1.29 is 8.42 Å². The second-order valence-corrected chi connectivity index (χ2v) is 13.2. The van der Waals surface area contributed by atoms with E-state index in [1.807, 2.05) is 6.92 Å². The maximum Gasteiger partial charge on any atom is 0.241 e. The lowest BCUT2D eigenvalue weighted by molar-refractivity contribution is 0.407. The van der Waals surface area contributed by atoms with Crippen LogP contribution in [0.2, 0.25) is 0 Å². The van der Waals surface area contributed by atoms with Gasteiger partial charge in [0, 0.05) is 41.8 Å². The zero-order valence-corrected chi connectivity index (χ0v) is 21.6. The summed E-state index contributed by atoms with van der Waals surface area (Å²) in [5.74, 6) is 0. The first-order valence-electron chi connectivity index (χ1n) is 11.9. The van der Waals surface area contributed by atoms with Crippen LogP contribution in [0.1, 0.15) is 51.5 Å². The standard InChI is InChI=1S/C23H28N8O2S2/c1-14-11-30(12-15(2)26-14)18-8-16(35(32,33)29-22(3)4-5-22)9-19-17(18)10-25-31(19)21-28-27-20(34-21)23(13-24)6-7-23/h8-10,14-15,26,29H,4-7,11-12H2,1-3H3/t14-,15-/m0/s1. The molecule has 1 aromatic carbocycles. The highest BCUT2D eigenvalue weighted by Crippen LogP contribution is 2.49. The van der Waals surface area contributed by atoms with Gasteiger partial charge in [0.1, 0.15) is 10.4 Å². The number of benzene rings is 1. The monoisotopic (exact) mass is 512 g/mol. The summed E-state index contributed by atoms with van der Waals surface area (Å²) in [6.07, 6.45) is 5.01. The Morgan fingerprint density at radius 3 is 2.51 bits per heavy atom. The van der Waals surface area contributed by atoms with E-state index in [0.717, 1.165) is 49.8 Å². The fourth-order valence-electron chi connectivity index (χ4n) is 4.84. The molecule has 184 valence electrons. The molecule has 0 bridgehead atoms. The summed E-state index contributed by atoms with van der Waals surface area (Å²) in [4.78, 5) is 2.45. The minimum absolute atomic E-state index is 0.217. The van der Waals surface area contributed by atoms with Crippen LogP contribution in [0.4, 0.5) is 5.69 Å². The Bertz CT molecular complexity index is 1450. The van der Waals surface area contributed by atoms with Crippen molar-refractivity contribution in [3.05, 3.63) is 23.3 Å². The van der Waals surface area contributed by atoms with Gasteiger partial charge in [-0.05, 0) is 58.6 Å². The number of nitriles is 1. The van der Waals surface area contributed by atoms with E-state index >= 15 is 0 Å². The maximum absolute atomic E-state index is 13.4. The fraction of sp³-hybridized carbons (Fsp3) is 0.565. The third kappa shape index (κ3) is 4.00. The number of rotatable bonds is 6. The molecule has 2 saturated carbocycles. The van der Waals surface area contributed by atoms with Crippen molar-refractivity contribution in [3.8, 4) is 11.2 Å². The lowest BCUT2D eigenvalue weighted by Crippen LogP contribution is -2.54. The van der Waals surface area contributed by atoms with Gasteiger partial charge in [0.05, 0.1) is 22.7 Å². The van der Waals surface area contributed by atoms with Gasteiger partial charge >= 0.3 is 0 Å².